The van der Waals surface area contributed by atoms with E-state index >= 15 is 0 Å². The van der Waals surface area contributed by atoms with E-state index in [-0.39, 0.29) is 19.1 Å². The van der Waals surface area contributed by atoms with Gasteiger partial charge in [-0.2, -0.15) is 0 Å². The molecule has 5 nitrogen and oxygen atoms in total. The van der Waals surface area contributed by atoms with Crippen LogP contribution in [0.2, 0.25) is 0 Å². The summed E-state index contributed by atoms with van der Waals surface area (Å²) in [5, 5.41) is 12.4. The van der Waals surface area contributed by atoms with Crippen LogP contribution in [0.4, 0.5) is 0 Å². The molecule has 0 spiro atoms. The summed E-state index contributed by atoms with van der Waals surface area (Å²) in [6.07, 6.45) is 0.367. The lowest BCUT2D eigenvalue weighted by molar-refractivity contribution is -0.144. The number of nitrogens with one attached hydrogen (secondary N) is 1. The number of carboxylic acids is 1. The zero-order chi connectivity index (χ0) is 18.3. The lowest BCUT2D eigenvalue weighted by Gasteiger charge is -2.29. The van der Waals surface area contributed by atoms with Crippen molar-refractivity contribution < 1.29 is 19.4 Å². The van der Waals surface area contributed by atoms with E-state index in [0.29, 0.717) is 17.7 Å². The zero-order valence-electron chi connectivity index (χ0n) is 14.5. The maximum Gasteiger partial charge on any atom is 0.315 e. The molecule has 0 aliphatic heterocycles. The van der Waals surface area contributed by atoms with Crippen LogP contribution in [0, 0.1) is 6.92 Å². The summed E-state index contributed by atoms with van der Waals surface area (Å²) >= 11 is 0. The molecule has 1 amide bonds. The van der Waals surface area contributed by atoms with Crippen molar-refractivity contribution in [2.75, 3.05) is 13.2 Å². The van der Waals surface area contributed by atoms with Crippen LogP contribution >= 0.6 is 0 Å². The number of hydrogen-bond acceptors (Lipinski definition) is 3. The summed E-state index contributed by atoms with van der Waals surface area (Å²) in [7, 11) is 0. The number of carboxylic acid groups (broad SMARTS) is 1. The summed E-state index contributed by atoms with van der Waals surface area (Å²) in [6, 6.07) is 16.3. The zero-order valence-corrected chi connectivity index (χ0v) is 14.5. The Kier molecular flexibility index (Phi) is 6.17. The highest BCUT2D eigenvalue weighted by Gasteiger charge is 2.38. The van der Waals surface area contributed by atoms with E-state index in [9.17, 15) is 14.7 Å². The molecule has 2 rings (SSSR count). The van der Waals surface area contributed by atoms with Gasteiger partial charge in [0.25, 0.3) is 5.91 Å². The summed E-state index contributed by atoms with van der Waals surface area (Å²) in [5.74, 6) is -0.708. The molecule has 2 N–H and O–H groups in total. The molecule has 0 radical (unpaired) electrons. The highest BCUT2D eigenvalue weighted by molar-refractivity contribution is 5.84. The molecule has 0 saturated heterocycles. The maximum absolute atomic E-state index is 12.1. The molecule has 0 aliphatic rings. The SMILES string of the molecule is CCC(CNC(=O)COc1ccc(C)cc1)(C(=O)O)c1ccccc1. The first-order valence-corrected chi connectivity index (χ1v) is 8.23. The van der Waals surface area contributed by atoms with Gasteiger partial charge in [-0.15, -0.1) is 0 Å². The Morgan fingerprint density at radius 1 is 1.08 bits per heavy atom. The minimum Gasteiger partial charge on any atom is -0.484 e. The van der Waals surface area contributed by atoms with Gasteiger partial charge in [0.05, 0.1) is 0 Å². The first-order chi connectivity index (χ1) is 12.0. The predicted molar refractivity (Wildman–Crippen MR) is 95.7 cm³/mol. The Morgan fingerprint density at radius 2 is 1.72 bits per heavy atom. The van der Waals surface area contributed by atoms with Crippen molar-refractivity contribution in [2.24, 2.45) is 0 Å². The molecule has 2 aromatic rings. The van der Waals surface area contributed by atoms with Crippen LogP contribution in [-0.4, -0.2) is 30.1 Å². The minimum absolute atomic E-state index is 0.0128. The first-order valence-electron chi connectivity index (χ1n) is 8.23. The van der Waals surface area contributed by atoms with Gasteiger partial charge in [-0.3, -0.25) is 9.59 Å². The second-order valence-corrected chi connectivity index (χ2v) is 5.99. The quantitative estimate of drug-likeness (QED) is 0.774. The van der Waals surface area contributed by atoms with E-state index in [0.717, 1.165) is 5.56 Å². The van der Waals surface area contributed by atoms with Gasteiger partial charge in [-0.05, 0) is 31.0 Å². The normalized spacial score (nSPS) is 12.9. The Labute approximate surface area is 147 Å². The molecule has 1 unspecified atom stereocenters. The van der Waals surface area contributed by atoms with E-state index in [1.54, 1.807) is 43.3 Å². The minimum atomic E-state index is -1.15. The maximum atomic E-state index is 12.1. The van der Waals surface area contributed by atoms with Gasteiger partial charge in [-0.1, -0.05) is 55.0 Å². The topological polar surface area (TPSA) is 75.6 Å². The molecule has 5 heteroatoms. The van der Waals surface area contributed by atoms with Crippen molar-refractivity contribution in [1.82, 2.24) is 5.32 Å². The van der Waals surface area contributed by atoms with Gasteiger partial charge in [0, 0.05) is 6.54 Å². The van der Waals surface area contributed by atoms with Crippen LogP contribution in [0.25, 0.3) is 0 Å². The predicted octanol–water partition coefficient (Wildman–Crippen LogP) is 2.92. The first kappa shape index (κ1) is 18.5. The third-order valence-corrected chi connectivity index (χ3v) is 4.32. The molecule has 2 aromatic carbocycles. The van der Waals surface area contributed by atoms with E-state index in [1.807, 2.05) is 25.1 Å². The van der Waals surface area contributed by atoms with Crippen molar-refractivity contribution in [1.29, 1.82) is 0 Å². The molecular weight excluding hydrogens is 318 g/mol. The second-order valence-electron chi connectivity index (χ2n) is 5.99. The van der Waals surface area contributed by atoms with Crippen LogP contribution in [-0.2, 0) is 15.0 Å². The lowest BCUT2D eigenvalue weighted by Crippen LogP contribution is -2.47. The summed E-state index contributed by atoms with van der Waals surface area (Å²) in [4.78, 5) is 24.0. The summed E-state index contributed by atoms with van der Waals surface area (Å²) in [5.41, 5.74) is 0.624. The van der Waals surface area contributed by atoms with Crippen LogP contribution in [0.5, 0.6) is 5.75 Å². The summed E-state index contributed by atoms with van der Waals surface area (Å²) in [6.45, 7) is 3.63. The largest absolute Gasteiger partial charge is 0.484 e. The monoisotopic (exact) mass is 341 g/mol. The summed E-state index contributed by atoms with van der Waals surface area (Å²) < 4.78 is 5.43. The number of amides is 1. The molecule has 0 aliphatic carbocycles. The lowest BCUT2D eigenvalue weighted by atomic mass is 9.78. The smallest absolute Gasteiger partial charge is 0.315 e. The number of ether oxygens (including phenoxy) is 1. The van der Waals surface area contributed by atoms with E-state index < -0.39 is 11.4 Å². The fourth-order valence-electron chi connectivity index (χ4n) is 2.62. The number of aryl methyl sites for hydroxylation is 1. The van der Waals surface area contributed by atoms with Gasteiger partial charge in [0.1, 0.15) is 11.2 Å². The number of hydrogen-bond donors (Lipinski definition) is 2. The number of aliphatic carboxylic acids is 1. The van der Waals surface area contributed by atoms with Crippen molar-refractivity contribution in [3.8, 4) is 5.75 Å². The van der Waals surface area contributed by atoms with Crippen LogP contribution in [0.3, 0.4) is 0 Å². The number of benzene rings is 2. The van der Waals surface area contributed by atoms with Gasteiger partial charge in [0.15, 0.2) is 6.61 Å². The number of carbonyl (C=O) groups excluding carboxylic acids is 1. The van der Waals surface area contributed by atoms with Crippen molar-refractivity contribution >= 4 is 11.9 Å². The van der Waals surface area contributed by atoms with Crippen molar-refractivity contribution in [3.05, 3.63) is 65.7 Å². The fourth-order valence-corrected chi connectivity index (χ4v) is 2.62. The number of rotatable bonds is 8. The Hall–Kier alpha value is -2.82. The molecule has 25 heavy (non-hydrogen) atoms. The van der Waals surface area contributed by atoms with Crippen molar-refractivity contribution in [3.63, 3.8) is 0 Å². The molecule has 0 fully saturated rings. The molecule has 1 atom stereocenters. The van der Waals surface area contributed by atoms with Gasteiger partial charge >= 0.3 is 5.97 Å². The molecule has 0 bridgehead atoms. The van der Waals surface area contributed by atoms with Crippen molar-refractivity contribution in [2.45, 2.75) is 25.7 Å². The van der Waals surface area contributed by atoms with Crippen LogP contribution < -0.4 is 10.1 Å². The highest BCUT2D eigenvalue weighted by Crippen LogP contribution is 2.27. The Bertz CT molecular complexity index is 712. The molecule has 0 saturated carbocycles. The number of carbonyl (C=O) groups is 2. The average molecular weight is 341 g/mol. The van der Waals surface area contributed by atoms with E-state index in [4.69, 9.17) is 4.74 Å². The third kappa shape index (κ3) is 4.59. The van der Waals surface area contributed by atoms with Crippen LogP contribution in [0.1, 0.15) is 24.5 Å². The molecule has 0 heterocycles. The fraction of sp³-hybridized carbons (Fsp3) is 0.300. The standard InChI is InChI=1S/C20H23NO4/c1-3-20(19(23)24,16-7-5-4-6-8-16)14-21-18(22)13-25-17-11-9-15(2)10-12-17/h4-12H,3,13-14H2,1-2H3,(H,21,22)(H,23,24). The van der Waals surface area contributed by atoms with E-state index in [2.05, 4.69) is 5.32 Å². The van der Waals surface area contributed by atoms with E-state index in [1.165, 1.54) is 0 Å². The van der Waals surface area contributed by atoms with Crippen LogP contribution in [0.15, 0.2) is 54.6 Å². The Balaban J connectivity index is 1.99. The third-order valence-electron chi connectivity index (χ3n) is 4.32. The van der Waals surface area contributed by atoms with Gasteiger partial charge < -0.3 is 15.2 Å². The molecular formula is C20H23NO4. The second kappa shape index (κ2) is 8.33. The average Bonchev–Trinajstić information content (AvgIpc) is 2.63. The van der Waals surface area contributed by atoms with Gasteiger partial charge in [-0.25, -0.2) is 0 Å². The highest BCUT2D eigenvalue weighted by atomic mass is 16.5. The molecule has 132 valence electrons. The molecule has 0 aromatic heterocycles. The Morgan fingerprint density at radius 3 is 2.28 bits per heavy atom. The van der Waals surface area contributed by atoms with Gasteiger partial charge in [0.2, 0.25) is 0 Å².